The van der Waals surface area contributed by atoms with Crippen molar-refractivity contribution in [3.63, 3.8) is 0 Å². The molecule has 7 nitrogen and oxygen atoms in total. The lowest BCUT2D eigenvalue weighted by Gasteiger charge is -2.36. The number of anilines is 1. The zero-order valence-corrected chi connectivity index (χ0v) is 18.7. The Balaban J connectivity index is 1.69. The first kappa shape index (κ1) is 20.2. The third kappa shape index (κ3) is 4.12. The highest BCUT2D eigenvalue weighted by Gasteiger charge is 2.37. The van der Waals surface area contributed by atoms with Crippen LogP contribution in [-0.4, -0.2) is 39.0 Å². The van der Waals surface area contributed by atoms with Crippen molar-refractivity contribution in [1.82, 2.24) is 20.4 Å². The number of nitrogens with zero attached hydrogens (tertiary/aromatic N) is 4. The minimum atomic E-state index is 0.0202. The number of aliphatic imine (C=N–C) groups is 1. The number of thioether (sulfide) groups is 2. The lowest BCUT2D eigenvalue weighted by molar-refractivity contribution is 0.276. The molecule has 2 aliphatic rings. The summed E-state index contributed by atoms with van der Waals surface area (Å²) in [6.07, 6.45) is 4.50. The van der Waals surface area contributed by atoms with Crippen LogP contribution in [0.25, 0.3) is 0 Å². The third-order valence-corrected chi connectivity index (χ3v) is 6.02. The monoisotopic (exact) mass is 448 g/mol. The number of hydrogen-bond donors (Lipinski definition) is 2. The van der Waals surface area contributed by atoms with Crippen molar-refractivity contribution >= 4 is 46.8 Å². The molecule has 4 rings (SSSR count). The van der Waals surface area contributed by atoms with E-state index in [4.69, 9.17) is 31.3 Å². The van der Waals surface area contributed by atoms with Gasteiger partial charge in [0.25, 0.3) is 0 Å². The summed E-state index contributed by atoms with van der Waals surface area (Å²) in [5, 5.41) is 7.87. The lowest BCUT2D eigenvalue weighted by atomic mass is 10.2. The predicted octanol–water partition coefficient (Wildman–Crippen LogP) is 4.57. The second-order valence-electron chi connectivity index (χ2n) is 6.23. The molecule has 1 aromatic carbocycles. The maximum Gasteiger partial charge on any atom is 0.190 e. The van der Waals surface area contributed by atoms with E-state index in [0.29, 0.717) is 16.6 Å². The summed E-state index contributed by atoms with van der Waals surface area (Å²) in [6.45, 7) is 4.21. The van der Waals surface area contributed by atoms with Crippen molar-refractivity contribution in [2.45, 2.75) is 36.6 Å². The number of halogens is 1. The van der Waals surface area contributed by atoms with Gasteiger partial charge >= 0.3 is 0 Å². The molecule has 0 saturated carbocycles. The SMILES string of the molecule is CCSc1nc2c(c(SC)n1)C1=NC(=COc3ccc(Cl)cc3)NN1C(CC)N2. The smallest absolute Gasteiger partial charge is 0.190 e. The standard InChI is InChI=1S/C19H21ClN6OS2/c1-4-14-22-16-15(18(28-3)24-19(23-16)29-5-2)17-21-13(25-26(14)17)10-27-12-8-6-11(20)7-9-12/h6-10,14,25H,4-5H2,1-3H3,(H,22,23,24). The van der Waals surface area contributed by atoms with Crippen molar-refractivity contribution in [3.05, 3.63) is 46.9 Å². The first-order valence-corrected chi connectivity index (χ1v) is 11.8. The molecule has 2 N–H and O–H groups in total. The van der Waals surface area contributed by atoms with E-state index in [1.165, 1.54) is 0 Å². The first-order valence-electron chi connectivity index (χ1n) is 9.25. The van der Waals surface area contributed by atoms with Gasteiger partial charge in [-0.2, -0.15) is 0 Å². The van der Waals surface area contributed by atoms with E-state index in [1.807, 2.05) is 23.4 Å². The molecule has 0 saturated heterocycles. The molecule has 0 amide bonds. The topological polar surface area (TPSA) is 74.7 Å². The molecule has 2 aromatic rings. The second-order valence-corrected chi connectivity index (χ2v) is 8.70. The van der Waals surface area contributed by atoms with Crippen LogP contribution < -0.4 is 15.5 Å². The molecule has 0 aliphatic carbocycles. The Hall–Kier alpha value is -2.10. The summed E-state index contributed by atoms with van der Waals surface area (Å²) >= 11 is 9.15. The van der Waals surface area contributed by atoms with Gasteiger partial charge in [-0.1, -0.05) is 37.2 Å². The molecule has 2 aliphatic heterocycles. The summed E-state index contributed by atoms with van der Waals surface area (Å²) < 4.78 is 5.74. The van der Waals surface area contributed by atoms with E-state index in [1.54, 1.807) is 41.9 Å². The van der Waals surface area contributed by atoms with Crippen LogP contribution in [0.5, 0.6) is 5.75 Å². The number of amidine groups is 1. The fourth-order valence-electron chi connectivity index (χ4n) is 3.04. The largest absolute Gasteiger partial charge is 0.461 e. The van der Waals surface area contributed by atoms with Crippen molar-refractivity contribution in [1.29, 1.82) is 0 Å². The Morgan fingerprint density at radius 2 is 2.03 bits per heavy atom. The molecule has 0 bridgehead atoms. The van der Waals surface area contributed by atoms with Crippen LogP contribution in [0.2, 0.25) is 5.02 Å². The predicted molar refractivity (Wildman–Crippen MR) is 120 cm³/mol. The van der Waals surface area contributed by atoms with E-state index in [2.05, 4.69) is 24.6 Å². The Kier molecular flexibility index (Phi) is 6.07. The van der Waals surface area contributed by atoms with Gasteiger partial charge in [0, 0.05) is 5.02 Å². The van der Waals surface area contributed by atoms with E-state index in [0.717, 1.165) is 39.6 Å². The number of nitrogens with one attached hydrogen (secondary N) is 2. The van der Waals surface area contributed by atoms with Gasteiger partial charge in [-0.3, -0.25) is 5.43 Å². The van der Waals surface area contributed by atoms with Crippen LogP contribution in [0.4, 0.5) is 5.82 Å². The Morgan fingerprint density at radius 3 is 2.72 bits per heavy atom. The molecule has 0 spiro atoms. The van der Waals surface area contributed by atoms with Gasteiger partial charge in [-0.15, -0.1) is 11.8 Å². The molecule has 10 heteroatoms. The number of hydrogen-bond acceptors (Lipinski definition) is 9. The molecular formula is C19H21ClN6OS2. The van der Waals surface area contributed by atoms with Crippen molar-refractivity contribution in [2.75, 3.05) is 17.3 Å². The Bertz CT molecular complexity index is 966. The highest BCUT2D eigenvalue weighted by molar-refractivity contribution is 7.99. The van der Waals surface area contributed by atoms with Crippen LogP contribution in [0.15, 0.2) is 51.5 Å². The van der Waals surface area contributed by atoms with Gasteiger partial charge in [0.05, 0.1) is 5.56 Å². The highest BCUT2D eigenvalue weighted by atomic mass is 35.5. The number of hydrazine groups is 1. The third-order valence-electron chi connectivity index (χ3n) is 4.36. The van der Waals surface area contributed by atoms with Crippen LogP contribution in [0.1, 0.15) is 25.8 Å². The fraction of sp³-hybridized carbons (Fsp3) is 0.316. The first-order chi connectivity index (χ1) is 14.1. The summed E-state index contributed by atoms with van der Waals surface area (Å²) in [6, 6.07) is 7.20. The highest BCUT2D eigenvalue weighted by Crippen LogP contribution is 2.35. The molecule has 29 heavy (non-hydrogen) atoms. The molecule has 3 heterocycles. The van der Waals surface area contributed by atoms with Gasteiger partial charge in [0.15, 0.2) is 16.8 Å². The summed E-state index contributed by atoms with van der Waals surface area (Å²) in [5.41, 5.74) is 4.22. The summed E-state index contributed by atoms with van der Waals surface area (Å²) in [5.74, 6) is 3.85. The van der Waals surface area contributed by atoms with Crippen LogP contribution in [-0.2, 0) is 0 Å². The zero-order valence-electron chi connectivity index (χ0n) is 16.3. The minimum absolute atomic E-state index is 0.0202. The molecular weight excluding hydrogens is 428 g/mol. The van der Waals surface area contributed by atoms with Crippen molar-refractivity contribution in [2.24, 2.45) is 4.99 Å². The van der Waals surface area contributed by atoms with E-state index >= 15 is 0 Å². The molecule has 0 fully saturated rings. The minimum Gasteiger partial charge on any atom is -0.461 e. The number of ether oxygens (including phenoxy) is 1. The lowest BCUT2D eigenvalue weighted by Crippen LogP contribution is -2.52. The number of fused-ring (bicyclic) bond motifs is 3. The summed E-state index contributed by atoms with van der Waals surface area (Å²) in [7, 11) is 0. The van der Waals surface area contributed by atoms with E-state index in [-0.39, 0.29) is 6.17 Å². The van der Waals surface area contributed by atoms with Crippen LogP contribution >= 0.6 is 35.1 Å². The Morgan fingerprint density at radius 1 is 1.24 bits per heavy atom. The van der Waals surface area contributed by atoms with E-state index < -0.39 is 0 Å². The molecule has 1 unspecified atom stereocenters. The fourth-order valence-corrected chi connectivity index (χ4v) is 4.36. The molecule has 1 aromatic heterocycles. The zero-order chi connectivity index (χ0) is 20.4. The quantitative estimate of drug-likeness (QED) is 0.288. The van der Waals surface area contributed by atoms with Crippen molar-refractivity contribution < 1.29 is 4.74 Å². The maximum absolute atomic E-state index is 5.93. The van der Waals surface area contributed by atoms with E-state index in [9.17, 15) is 0 Å². The van der Waals surface area contributed by atoms with Gasteiger partial charge in [0.1, 0.15) is 29.0 Å². The van der Waals surface area contributed by atoms with Gasteiger partial charge in [-0.05, 0) is 42.7 Å². The average molecular weight is 449 g/mol. The van der Waals surface area contributed by atoms with Crippen molar-refractivity contribution in [3.8, 4) is 5.75 Å². The Labute approximate surface area is 183 Å². The molecule has 0 radical (unpaired) electrons. The van der Waals surface area contributed by atoms with Crippen LogP contribution in [0, 0.1) is 0 Å². The maximum atomic E-state index is 5.93. The van der Waals surface area contributed by atoms with Gasteiger partial charge in [-0.25, -0.2) is 20.0 Å². The molecule has 152 valence electrons. The summed E-state index contributed by atoms with van der Waals surface area (Å²) in [4.78, 5) is 14.2. The van der Waals surface area contributed by atoms with Gasteiger partial charge in [0.2, 0.25) is 0 Å². The van der Waals surface area contributed by atoms with Gasteiger partial charge < -0.3 is 10.1 Å². The number of rotatable bonds is 6. The number of aromatic nitrogens is 2. The van der Waals surface area contributed by atoms with Crippen LogP contribution in [0.3, 0.4) is 0 Å². The normalized spacial score (nSPS) is 18.6. The second kappa shape index (κ2) is 8.73. The molecule has 1 atom stereocenters. The number of benzene rings is 1. The average Bonchev–Trinajstić information content (AvgIpc) is 3.16.